The molecule has 0 bridgehead atoms. The van der Waals surface area contributed by atoms with E-state index >= 15 is 0 Å². The number of Topliss-reactive ketones (excluding diaryl/α,β-unsaturated/α-hetero) is 1. The minimum absolute atomic E-state index is 0.00831. The van der Waals surface area contributed by atoms with Gasteiger partial charge >= 0.3 is 0 Å². The van der Waals surface area contributed by atoms with E-state index in [1.165, 1.54) is 4.68 Å². The average molecular weight is 297 g/mol. The molecule has 0 saturated heterocycles. The van der Waals surface area contributed by atoms with Gasteiger partial charge in [-0.05, 0) is 6.42 Å². The number of hydrogen-bond acceptors (Lipinski definition) is 5. The minimum Gasteiger partial charge on any atom is -0.325 e. The molecule has 8 heteroatoms. The van der Waals surface area contributed by atoms with Gasteiger partial charge in [-0.2, -0.15) is 5.10 Å². The van der Waals surface area contributed by atoms with Gasteiger partial charge in [-0.25, -0.2) is 4.68 Å². The zero-order valence-electron chi connectivity index (χ0n) is 11.5. The second kappa shape index (κ2) is 6.15. The number of hydrogen-bond donors (Lipinski definition) is 1. The van der Waals surface area contributed by atoms with E-state index in [1.54, 1.807) is 17.9 Å². The van der Waals surface area contributed by atoms with Crippen molar-refractivity contribution in [3.63, 3.8) is 0 Å². The number of carbonyl (C=O) groups excluding carboxylic acids is 1. The van der Waals surface area contributed by atoms with Gasteiger partial charge in [-0.1, -0.05) is 23.7 Å². The molecule has 0 aliphatic heterocycles. The maximum absolute atomic E-state index is 12.1. The average Bonchev–Trinajstić information content (AvgIpc) is 2.98. The Hall–Kier alpha value is -1.73. The molecule has 0 amide bonds. The third-order valence-electron chi connectivity index (χ3n) is 3.00. The lowest BCUT2D eigenvalue weighted by Crippen LogP contribution is -2.15. The van der Waals surface area contributed by atoms with Gasteiger partial charge < -0.3 is 5.73 Å². The fourth-order valence-corrected chi connectivity index (χ4v) is 2.31. The fourth-order valence-electron chi connectivity index (χ4n) is 1.94. The molecule has 20 heavy (non-hydrogen) atoms. The van der Waals surface area contributed by atoms with Crippen LogP contribution >= 0.6 is 11.6 Å². The normalized spacial score (nSPS) is 11.0. The van der Waals surface area contributed by atoms with Crippen LogP contribution in [0, 0.1) is 0 Å². The Balaban J connectivity index is 2.06. The molecule has 0 atom stereocenters. The molecule has 0 aliphatic rings. The highest BCUT2D eigenvalue weighted by atomic mass is 35.5. The van der Waals surface area contributed by atoms with E-state index in [9.17, 15) is 4.79 Å². The van der Waals surface area contributed by atoms with E-state index in [1.807, 2.05) is 6.92 Å². The van der Waals surface area contributed by atoms with Crippen molar-refractivity contribution >= 4 is 17.4 Å². The summed E-state index contributed by atoms with van der Waals surface area (Å²) in [6, 6.07) is 0. The first kappa shape index (κ1) is 14.7. The first-order chi connectivity index (χ1) is 9.55. The van der Waals surface area contributed by atoms with E-state index in [4.69, 9.17) is 17.3 Å². The van der Waals surface area contributed by atoms with Crippen LogP contribution in [0.25, 0.3) is 0 Å². The number of nitrogens with zero attached hydrogens (tertiary/aromatic N) is 5. The van der Waals surface area contributed by atoms with Crippen LogP contribution in [0.5, 0.6) is 0 Å². The van der Waals surface area contributed by atoms with Crippen molar-refractivity contribution in [1.29, 1.82) is 0 Å². The number of ketones is 1. The van der Waals surface area contributed by atoms with Gasteiger partial charge in [0.25, 0.3) is 0 Å². The van der Waals surface area contributed by atoms with Crippen molar-refractivity contribution in [1.82, 2.24) is 24.8 Å². The van der Waals surface area contributed by atoms with Crippen molar-refractivity contribution in [2.45, 2.75) is 32.9 Å². The van der Waals surface area contributed by atoms with Crippen LogP contribution in [0.15, 0.2) is 6.20 Å². The summed E-state index contributed by atoms with van der Waals surface area (Å²) in [5.74, 6) is -0.00831. The predicted octanol–water partition coefficient (Wildman–Crippen LogP) is 0.498. The van der Waals surface area contributed by atoms with Crippen molar-refractivity contribution in [2.24, 2.45) is 12.8 Å². The van der Waals surface area contributed by atoms with Crippen LogP contribution in [0.4, 0.5) is 0 Å². The van der Waals surface area contributed by atoms with E-state index in [0.29, 0.717) is 17.3 Å². The molecule has 0 fully saturated rings. The Labute approximate surface area is 121 Å². The van der Waals surface area contributed by atoms with Gasteiger partial charge in [-0.3, -0.25) is 9.48 Å². The molecule has 2 heterocycles. The quantitative estimate of drug-likeness (QED) is 0.838. The SMILES string of the molecule is CCc1nn(C)c(CC(=O)Cn2cc(CN)nn2)c1Cl. The number of aryl methyl sites for hydroxylation is 2. The Bertz CT molecular complexity index is 617. The Morgan fingerprint density at radius 2 is 2.25 bits per heavy atom. The van der Waals surface area contributed by atoms with Crippen LogP contribution in [0.2, 0.25) is 5.02 Å². The highest BCUT2D eigenvalue weighted by Gasteiger charge is 2.16. The van der Waals surface area contributed by atoms with E-state index in [2.05, 4.69) is 15.4 Å². The highest BCUT2D eigenvalue weighted by Crippen LogP contribution is 2.21. The van der Waals surface area contributed by atoms with Crippen molar-refractivity contribution in [2.75, 3.05) is 0 Å². The smallest absolute Gasteiger partial charge is 0.160 e. The highest BCUT2D eigenvalue weighted by molar-refractivity contribution is 6.32. The van der Waals surface area contributed by atoms with Crippen LogP contribution in [-0.4, -0.2) is 30.6 Å². The molecular weight excluding hydrogens is 280 g/mol. The van der Waals surface area contributed by atoms with Crippen LogP contribution in [0.1, 0.15) is 24.0 Å². The molecule has 0 spiro atoms. The predicted molar refractivity (Wildman–Crippen MR) is 74.2 cm³/mol. The van der Waals surface area contributed by atoms with Gasteiger partial charge in [-0.15, -0.1) is 5.10 Å². The molecule has 2 aromatic rings. The fraction of sp³-hybridized carbons (Fsp3) is 0.500. The summed E-state index contributed by atoms with van der Waals surface area (Å²) in [5.41, 5.74) is 7.64. The van der Waals surface area contributed by atoms with E-state index in [-0.39, 0.29) is 18.7 Å². The summed E-state index contributed by atoms with van der Waals surface area (Å²) in [5, 5.41) is 12.5. The molecule has 0 aliphatic carbocycles. The van der Waals surface area contributed by atoms with Crippen molar-refractivity contribution in [3.05, 3.63) is 28.3 Å². The lowest BCUT2D eigenvalue weighted by molar-refractivity contribution is -0.119. The van der Waals surface area contributed by atoms with Crippen molar-refractivity contribution in [3.8, 4) is 0 Å². The second-order valence-electron chi connectivity index (χ2n) is 4.51. The molecule has 0 unspecified atom stereocenters. The largest absolute Gasteiger partial charge is 0.325 e. The summed E-state index contributed by atoms with van der Waals surface area (Å²) < 4.78 is 3.14. The van der Waals surface area contributed by atoms with Crippen LogP contribution in [0.3, 0.4) is 0 Å². The third-order valence-corrected chi connectivity index (χ3v) is 3.44. The molecule has 0 aromatic carbocycles. The maximum atomic E-state index is 12.1. The zero-order chi connectivity index (χ0) is 14.7. The van der Waals surface area contributed by atoms with E-state index in [0.717, 1.165) is 17.8 Å². The third kappa shape index (κ3) is 3.05. The molecular formula is C12H17ClN6O. The molecule has 2 aromatic heterocycles. The summed E-state index contributed by atoms with van der Waals surface area (Å²) >= 11 is 6.22. The van der Waals surface area contributed by atoms with Crippen LogP contribution < -0.4 is 5.73 Å². The van der Waals surface area contributed by atoms with Gasteiger partial charge in [0.2, 0.25) is 0 Å². The Morgan fingerprint density at radius 1 is 1.50 bits per heavy atom. The monoisotopic (exact) mass is 296 g/mol. The Morgan fingerprint density at radius 3 is 2.80 bits per heavy atom. The van der Waals surface area contributed by atoms with Gasteiger partial charge in [0.05, 0.1) is 34.7 Å². The second-order valence-corrected chi connectivity index (χ2v) is 4.89. The van der Waals surface area contributed by atoms with Gasteiger partial charge in [0, 0.05) is 13.6 Å². The minimum atomic E-state index is -0.00831. The lowest BCUT2D eigenvalue weighted by atomic mass is 10.2. The lowest BCUT2D eigenvalue weighted by Gasteiger charge is -2.02. The van der Waals surface area contributed by atoms with Gasteiger partial charge in [0.15, 0.2) is 5.78 Å². The molecule has 0 radical (unpaired) electrons. The van der Waals surface area contributed by atoms with Crippen LogP contribution in [-0.2, 0) is 37.8 Å². The molecule has 2 N–H and O–H groups in total. The number of nitrogens with two attached hydrogens (primary N) is 1. The zero-order valence-corrected chi connectivity index (χ0v) is 12.3. The number of halogens is 1. The first-order valence-corrected chi connectivity index (χ1v) is 6.74. The van der Waals surface area contributed by atoms with Crippen molar-refractivity contribution < 1.29 is 4.79 Å². The summed E-state index contributed by atoms with van der Waals surface area (Å²) in [6.45, 7) is 2.43. The van der Waals surface area contributed by atoms with E-state index < -0.39 is 0 Å². The molecule has 2 rings (SSSR count). The first-order valence-electron chi connectivity index (χ1n) is 6.36. The maximum Gasteiger partial charge on any atom is 0.160 e. The topological polar surface area (TPSA) is 91.6 Å². The Kier molecular flexibility index (Phi) is 4.51. The summed E-state index contributed by atoms with van der Waals surface area (Å²) in [4.78, 5) is 12.1. The number of aromatic nitrogens is 5. The molecule has 7 nitrogen and oxygen atoms in total. The molecule has 0 saturated carbocycles. The van der Waals surface area contributed by atoms with Gasteiger partial charge in [0.1, 0.15) is 6.54 Å². The summed E-state index contributed by atoms with van der Waals surface area (Å²) in [7, 11) is 1.79. The number of carbonyl (C=O) groups is 1. The summed E-state index contributed by atoms with van der Waals surface area (Å²) in [6.07, 6.45) is 2.63. The molecule has 108 valence electrons. The number of rotatable bonds is 6. The standard InChI is InChI=1S/C12H17ClN6O/c1-3-10-12(13)11(18(2)16-10)4-9(20)7-19-6-8(5-14)15-17-19/h6H,3-5,7,14H2,1-2H3.